The van der Waals surface area contributed by atoms with Crippen molar-refractivity contribution in [1.29, 1.82) is 0 Å². The van der Waals surface area contributed by atoms with Crippen molar-refractivity contribution >= 4 is 23.2 Å². The number of amides is 1. The van der Waals surface area contributed by atoms with E-state index in [1.54, 1.807) is 18.2 Å². The molecule has 1 saturated heterocycles. The molecule has 1 saturated carbocycles. The summed E-state index contributed by atoms with van der Waals surface area (Å²) in [6.07, 6.45) is 6.01. The van der Waals surface area contributed by atoms with Gasteiger partial charge in [0.25, 0.3) is 5.91 Å². The number of carbonyl (C=O) groups is 1. The first-order chi connectivity index (χ1) is 9.16. The number of piperidine rings is 1. The van der Waals surface area contributed by atoms with E-state index in [0.29, 0.717) is 28.2 Å². The van der Waals surface area contributed by atoms with Gasteiger partial charge in [0.2, 0.25) is 0 Å². The van der Waals surface area contributed by atoms with Crippen molar-refractivity contribution in [3.05, 3.63) is 28.8 Å². The van der Waals surface area contributed by atoms with E-state index in [1.165, 1.54) is 19.3 Å². The largest absolute Gasteiger partial charge is 0.398 e. The smallest absolute Gasteiger partial charge is 0.256 e. The maximum atomic E-state index is 12.7. The van der Waals surface area contributed by atoms with Crippen LogP contribution in [-0.4, -0.2) is 23.4 Å². The summed E-state index contributed by atoms with van der Waals surface area (Å²) >= 11 is 5.98. The van der Waals surface area contributed by atoms with Crippen molar-refractivity contribution in [2.75, 3.05) is 12.3 Å². The zero-order valence-corrected chi connectivity index (χ0v) is 11.7. The second-order valence-corrected chi connectivity index (χ2v) is 6.07. The second kappa shape index (κ2) is 5.04. The fraction of sp³-hybridized carbons (Fsp3) is 0.533. The molecule has 2 fully saturated rings. The minimum Gasteiger partial charge on any atom is -0.398 e. The van der Waals surface area contributed by atoms with Gasteiger partial charge in [0.1, 0.15) is 0 Å². The van der Waals surface area contributed by atoms with E-state index in [2.05, 4.69) is 0 Å². The van der Waals surface area contributed by atoms with Crippen molar-refractivity contribution < 1.29 is 4.79 Å². The molecular weight excluding hydrogens is 260 g/mol. The second-order valence-electron chi connectivity index (χ2n) is 5.63. The first-order valence-corrected chi connectivity index (χ1v) is 7.40. The van der Waals surface area contributed by atoms with Crippen LogP contribution in [-0.2, 0) is 0 Å². The Labute approximate surface area is 118 Å². The lowest BCUT2D eigenvalue weighted by Crippen LogP contribution is -2.46. The number of hydrogen-bond donors (Lipinski definition) is 1. The van der Waals surface area contributed by atoms with Gasteiger partial charge in [-0.2, -0.15) is 0 Å². The molecule has 2 atom stereocenters. The highest BCUT2D eigenvalue weighted by Crippen LogP contribution is 2.37. The standard InChI is InChI=1S/C15H19ClN2O/c16-11-6-7-13(17)12(9-11)15(19)18-8-2-4-10-3-1-5-14(10)18/h6-7,9-10,14H,1-5,8,17H2. The number of nitrogens with zero attached hydrogens (tertiary/aromatic N) is 1. The van der Waals surface area contributed by atoms with Crippen LogP contribution < -0.4 is 5.73 Å². The van der Waals surface area contributed by atoms with E-state index < -0.39 is 0 Å². The fourth-order valence-electron chi connectivity index (χ4n) is 3.57. The Hall–Kier alpha value is -1.22. The molecule has 1 aromatic carbocycles. The summed E-state index contributed by atoms with van der Waals surface area (Å²) in [6, 6.07) is 5.55. The molecule has 1 aliphatic heterocycles. The molecule has 0 bridgehead atoms. The summed E-state index contributed by atoms with van der Waals surface area (Å²) in [6.45, 7) is 0.853. The molecule has 102 valence electrons. The number of anilines is 1. The third-order valence-corrected chi connectivity index (χ3v) is 4.73. The summed E-state index contributed by atoms with van der Waals surface area (Å²) in [5.74, 6) is 0.745. The predicted octanol–water partition coefficient (Wildman–Crippen LogP) is 3.33. The van der Waals surface area contributed by atoms with Gasteiger partial charge in [-0.25, -0.2) is 0 Å². The minimum absolute atomic E-state index is 0.0524. The monoisotopic (exact) mass is 278 g/mol. The molecule has 3 rings (SSSR count). The van der Waals surface area contributed by atoms with Gasteiger partial charge in [-0.3, -0.25) is 4.79 Å². The molecule has 0 radical (unpaired) electrons. The quantitative estimate of drug-likeness (QED) is 0.801. The van der Waals surface area contributed by atoms with Crippen LogP contribution in [0.15, 0.2) is 18.2 Å². The number of benzene rings is 1. The Morgan fingerprint density at radius 2 is 2.05 bits per heavy atom. The molecule has 2 aliphatic rings. The predicted molar refractivity (Wildman–Crippen MR) is 77.3 cm³/mol. The van der Waals surface area contributed by atoms with Gasteiger partial charge in [0.05, 0.1) is 5.56 Å². The maximum Gasteiger partial charge on any atom is 0.256 e. The highest BCUT2D eigenvalue weighted by Gasteiger charge is 2.37. The molecule has 3 nitrogen and oxygen atoms in total. The first kappa shape index (κ1) is 12.8. The topological polar surface area (TPSA) is 46.3 Å². The van der Waals surface area contributed by atoms with Crippen molar-refractivity contribution in [2.24, 2.45) is 5.92 Å². The Morgan fingerprint density at radius 3 is 2.89 bits per heavy atom. The van der Waals surface area contributed by atoms with Gasteiger partial charge < -0.3 is 10.6 Å². The molecule has 4 heteroatoms. The number of halogens is 1. The Bertz CT molecular complexity index is 503. The molecule has 1 heterocycles. The summed E-state index contributed by atoms with van der Waals surface area (Å²) < 4.78 is 0. The Kier molecular flexibility index (Phi) is 3.40. The number of carbonyl (C=O) groups excluding carboxylic acids is 1. The van der Waals surface area contributed by atoms with E-state index in [0.717, 1.165) is 19.4 Å². The molecule has 0 spiro atoms. The van der Waals surface area contributed by atoms with Crippen molar-refractivity contribution in [3.63, 3.8) is 0 Å². The van der Waals surface area contributed by atoms with E-state index in [1.807, 2.05) is 4.90 Å². The van der Waals surface area contributed by atoms with E-state index >= 15 is 0 Å². The van der Waals surface area contributed by atoms with Gasteiger partial charge in [0, 0.05) is 23.3 Å². The lowest BCUT2D eigenvalue weighted by Gasteiger charge is -2.38. The fourth-order valence-corrected chi connectivity index (χ4v) is 3.75. The van der Waals surface area contributed by atoms with E-state index in [4.69, 9.17) is 17.3 Å². The van der Waals surface area contributed by atoms with Gasteiger partial charge in [-0.05, 0) is 49.8 Å². The number of fused-ring (bicyclic) bond motifs is 1. The molecule has 0 aromatic heterocycles. The third kappa shape index (κ3) is 2.32. The molecule has 2 unspecified atom stereocenters. The highest BCUT2D eigenvalue weighted by molar-refractivity contribution is 6.31. The van der Waals surface area contributed by atoms with Crippen LogP contribution >= 0.6 is 11.6 Å². The number of rotatable bonds is 1. The zero-order valence-electron chi connectivity index (χ0n) is 10.9. The molecule has 1 aromatic rings. The summed E-state index contributed by atoms with van der Waals surface area (Å²) in [4.78, 5) is 14.7. The number of likely N-dealkylation sites (tertiary alicyclic amines) is 1. The first-order valence-electron chi connectivity index (χ1n) is 7.03. The van der Waals surface area contributed by atoms with Crippen LogP contribution in [0.3, 0.4) is 0 Å². The lowest BCUT2D eigenvalue weighted by atomic mass is 9.91. The number of nitrogens with two attached hydrogens (primary N) is 1. The van der Waals surface area contributed by atoms with Crippen molar-refractivity contribution in [2.45, 2.75) is 38.1 Å². The maximum absolute atomic E-state index is 12.7. The minimum atomic E-state index is 0.0524. The Morgan fingerprint density at radius 1 is 1.26 bits per heavy atom. The zero-order chi connectivity index (χ0) is 13.4. The number of nitrogen functional groups attached to an aromatic ring is 1. The molecule has 1 amide bonds. The van der Waals surface area contributed by atoms with Gasteiger partial charge in [0.15, 0.2) is 0 Å². The van der Waals surface area contributed by atoms with Gasteiger partial charge in [-0.15, -0.1) is 0 Å². The van der Waals surface area contributed by atoms with Crippen LogP contribution in [0, 0.1) is 5.92 Å². The molecule has 1 aliphatic carbocycles. The highest BCUT2D eigenvalue weighted by atomic mass is 35.5. The molecule has 19 heavy (non-hydrogen) atoms. The summed E-state index contributed by atoms with van der Waals surface area (Å²) in [5.41, 5.74) is 7.01. The molecule has 2 N–H and O–H groups in total. The number of hydrogen-bond acceptors (Lipinski definition) is 2. The molecular formula is C15H19ClN2O. The third-order valence-electron chi connectivity index (χ3n) is 4.50. The van der Waals surface area contributed by atoms with Gasteiger partial charge in [-0.1, -0.05) is 18.0 Å². The summed E-state index contributed by atoms with van der Waals surface area (Å²) in [7, 11) is 0. The van der Waals surface area contributed by atoms with Crippen molar-refractivity contribution in [1.82, 2.24) is 4.90 Å². The van der Waals surface area contributed by atoms with Crippen LogP contribution in [0.5, 0.6) is 0 Å². The van der Waals surface area contributed by atoms with Crippen molar-refractivity contribution in [3.8, 4) is 0 Å². The van der Waals surface area contributed by atoms with Gasteiger partial charge >= 0.3 is 0 Å². The van der Waals surface area contributed by atoms with Crippen LogP contribution in [0.2, 0.25) is 5.02 Å². The normalized spacial score (nSPS) is 26.3. The lowest BCUT2D eigenvalue weighted by molar-refractivity contribution is 0.0549. The van der Waals surface area contributed by atoms with Crippen LogP contribution in [0.25, 0.3) is 0 Å². The average molecular weight is 279 g/mol. The average Bonchev–Trinajstić information content (AvgIpc) is 2.89. The van der Waals surface area contributed by atoms with Crippen LogP contribution in [0.1, 0.15) is 42.5 Å². The SMILES string of the molecule is Nc1ccc(Cl)cc1C(=O)N1CCCC2CCCC21. The van der Waals surface area contributed by atoms with Crippen LogP contribution in [0.4, 0.5) is 5.69 Å². The van der Waals surface area contributed by atoms with E-state index in [-0.39, 0.29) is 5.91 Å². The Balaban J connectivity index is 1.88. The summed E-state index contributed by atoms with van der Waals surface area (Å²) in [5, 5.41) is 0.567. The van der Waals surface area contributed by atoms with E-state index in [9.17, 15) is 4.79 Å².